The predicted molar refractivity (Wildman–Crippen MR) is 93.6 cm³/mol. The first-order valence-electron chi connectivity index (χ1n) is 8.37. The van der Waals surface area contributed by atoms with Gasteiger partial charge in [-0.15, -0.1) is 12.4 Å². The highest BCUT2D eigenvalue weighted by atomic mass is 35.5. The molecule has 1 aromatic carbocycles. The molecule has 128 valence electrons. The molecule has 3 N–H and O–H groups in total. The second-order valence-corrected chi connectivity index (χ2v) is 6.62. The lowest BCUT2D eigenvalue weighted by Gasteiger charge is -2.61. The summed E-state index contributed by atoms with van der Waals surface area (Å²) in [6.07, 6.45) is 5.40. The van der Waals surface area contributed by atoms with E-state index in [0.717, 1.165) is 31.4 Å². The van der Waals surface area contributed by atoms with Crippen molar-refractivity contribution in [1.29, 1.82) is 0 Å². The van der Waals surface area contributed by atoms with Gasteiger partial charge in [-0.2, -0.15) is 0 Å². The van der Waals surface area contributed by atoms with E-state index in [2.05, 4.69) is 5.32 Å². The Kier molecular flexibility index (Phi) is 6.06. The summed E-state index contributed by atoms with van der Waals surface area (Å²) in [6.45, 7) is 2.79. The highest BCUT2D eigenvalue weighted by molar-refractivity contribution is 5.85. The Labute approximate surface area is 144 Å². The van der Waals surface area contributed by atoms with E-state index in [9.17, 15) is 4.79 Å². The molecular weight excluding hydrogens is 312 g/mol. The Balaban J connectivity index is 0.00000192. The molecule has 0 heterocycles. The molecule has 3 rings (SSSR count). The van der Waals surface area contributed by atoms with Gasteiger partial charge in [-0.3, -0.25) is 4.79 Å². The van der Waals surface area contributed by atoms with Crippen LogP contribution in [0.4, 0.5) is 0 Å². The van der Waals surface area contributed by atoms with Crippen LogP contribution in [0.25, 0.3) is 0 Å². The molecule has 0 aliphatic heterocycles. The lowest BCUT2D eigenvalue weighted by molar-refractivity contribution is -0.176. The highest BCUT2D eigenvalue weighted by Gasteiger charge is 2.59. The lowest BCUT2D eigenvalue weighted by Crippen LogP contribution is -2.68. The van der Waals surface area contributed by atoms with Crippen molar-refractivity contribution < 1.29 is 9.53 Å². The number of carbonyl (C=O) groups excluding carboxylic acids is 1. The van der Waals surface area contributed by atoms with E-state index in [1.54, 1.807) is 0 Å². The van der Waals surface area contributed by atoms with Gasteiger partial charge in [0.2, 0.25) is 5.91 Å². The summed E-state index contributed by atoms with van der Waals surface area (Å²) in [4.78, 5) is 12.4. The fourth-order valence-corrected chi connectivity index (χ4v) is 3.88. The van der Waals surface area contributed by atoms with E-state index >= 15 is 0 Å². The van der Waals surface area contributed by atoms with E-state index in [4.69, 9.17) is 10.5 Å². The van der Waals surface area contributed by atoms with E-state index in [1.165, 1.54) is 6.42 Å². The molecule has 0 aromatic heterocycles. The third kappa shape index (κ3) is 3.54. The van der Waals surface area contributed by atoms with Gasteiger partial charge in [0.15, 0.2) is 0 Å². The fourth-order valence-electron chi connectivity index (χ4n) is 3.88. The number of nitrogens with one attached hydrogen (secondary N) is 1. The lowest BCUT2D eigenvalue weighted by atomic mass is 9.51. The molecule has 3 atom stereocenters. The SMILES string of the molecule is CCOC1CC(NC(=O)[C@@H](N)Cc2ccccc2)C12CCC2.Cl. The number of rotatable bonds is 6. The van der Waals surface area contributed by atoms with Crippen LogP contribution in [0.5, 0.6) is 0 Å². The molecule has 2 fully saturated rings. The van der Waals surface area contributed by atoms with E-state index in [-0.39, 0.29) is 29.8 Å². The van der Waals surface area contributed by atoms with Crippen molar-refractivity contribution in [2.45, 2.75) is 57.2 Å². The van der Waals surface area contributed by atoms with Crippen LogP contribution in [-0.2, 0) is 16.0 Å². The second kappa shape index (κ2) is 7.65. The first-order chi connectivity index (χ1) is 10.7. The topological polar surface area (TPSA) is 64.3 Å². The van der Waals surface area contributed by atoms with Crippen LogP contribution >= 0.6 is 12.4 Å². The molecule has 5 heteroatoms. The van der Waals surface area contributed by atoms with Gasteiger partial charge in [0.1, 0.15) is 0 Å². The van der Waals surface area contributed by atoms with Gasteiger partial charge in [0.25, 0.3) is 0 Å². The number of benzene rings is 1. The molecule has 1 spiro atoms. The van der Waals surface area contributed by atoms with Crippen LogP contribution in [0.1, 0.15) is 38.2 Å². The zero-order chi connectivity index (χ0) is 15.6. The van der Waals surface area contributed by atoms with Crippen molar-refractivity contribution in [3.63, 3.8) is 0 Å². The summed E-state index contributed by atoms with van der Waals surface area (Å²) < 4.78 is 5.82. The summed E-state index contributed by atoms with van der Waals surface area (Å²) in [5.41, 5.74) is 7.37. The Morgan fingerprint density at radius 3 is 2.65 bits per heavy atom. The van der Waals surface area contributed by atoms with Crippen molar-refractivity contribution in [2.24, 2.45) is 11.1 Å². The number of hydrogen-bond acceptors (Lipinski definition) is 3. The Morgan fingerprint density at radius 1 is 1.39 bits per heavy atom. The van der Waals surface area contributed by atoms with E-state index < -0.39 is 6.04 Å². The molecule has 2 aliphatic rings. The van der Waals surface area contributed by atoms with Crippen molar-refractivity contribution in [2.75, 3.05) is 6.61 Å². The zero-order valence-electron chi connectivity index (χ0n) is 13.7. The largest absolute Gasteiger partial charge is 0.378 e. The maximum Gasteiger partial charge on any atom is 0.237 e. The third-order valence-electron chi connectivity index (χ3n) is 5.39. The molecule has 4 nitrogen and oxygen atoms in total. The smallest absolute Gasteiger partial charge is 0.237 e. The number of carbonyl (C=O) groups is 1. The quantitative estimate of drug-likeness (QED) is 0.837. The number of ether oxygens (including phenoxy) is 1. The molecule has 23 heavy (non-hydrogen) atoms. The molecule has 0 saturated heterocycles. The Morgan fingerprint density at radius 2 is 2.09 bits per heavy atom. The molecule has 1 amide bonds. The summed E-state index contributed by atoms with van der Waals surface area (Å²) >= 11 is 0. The molecular formula is C18H27ClN2O2. The maximum atomic E-state index is 12.4. The van der Waals surface area contributed by atoms with Crippen LogP contribution in [0.2, 0.25) is 0 Å². The third-order valence-corrected chi connectivity index (χ3v) is 5.39. The van der Waals surface area contributed by atoms with Gasteiger partial charge in [-0.25, -0.2) is 0 Å². The van der Waals surface area contributed by atoms with Crippen LogP contribution in [0.15, 0.2) is 30.3 Å². The van der Waals surface area contributed by atoms with Crippen LogP contribution < -0.4 is 11.1 Å². The van der Waals surface area contributed by atoms with Gasteiger partial charge in [0, 0.05) is 18.1 Å². The average molecular weight is 339 g/mol. The minimum atomic E-state index is -0.481. The Hall–Kier alpha value is -1.10. The van der Waals surface area contributed by atoms with Crippen LogP contribution in [0, 0.1) is 5.41 Å². The van der Waals surface area contributed by atoms with E-state index in [1.807, 2.05) is 37.3 Å². The summed E-state index contributed by atoms with van der Waals surface area (Å²) in [6, 6.07) is 9.70. The first-order valence-corrected chi connectivity index (χ1v) is 8.37. The molecule has 1 aromatic rings. The summed E-state index contributed by atoms with van der Waals surface area (Å²) in [7, 11) is 0. The maximum absolute atomic E-state index is 12.4. The van der Waals surface area contributed by atoms with Gasteiger partial charge in [0.05, 0.1) is 12.1 Å². The van der Waals surface area contributed by atoms with E-state index in [0.29, 0.717) is 12.5 Å². The van der Waals surface area contributed by atoms with Gasteiger partial charge in [-0.1, -0.05) is 36.8 Å². The van der Waals surface area contributed by atoms with Crippen molar-refractivity contribution in [1.82, 2.24) is 5.32 Å². The molecule has 0 radical (unpaired) electrons. The minimum absolute atomic E-state index is 0. The molecule has 2 saturated carbocycles. The summed E-state index contributed by atoms with van der Waals surface area (Å²) in [5.74, 6) is -0.0323. The van der Waals surface area contributed by atoms with Gasteiger partial charge in [-0.05, 0) is 38.2 Å². The minimum Gasteiger partial charge on any atom is -0.378 e. The second-order valence-electron chi connectivity index (χ2n) is 6.62. The van der Waals surface area contributed by atoms with Crippen molar-refractivity contribution >= 4 is 18.3 Å². The predicted octanol–water partition coefficient (Wildman–Crippen LogP) is 2.44. The van der Waals surface area contributed by atoms with Crippen LogP contribution in [0.3, 0.4) is 0 Å². The fraction of sp³-hybridized carbons (Fsp3) is 0.611. The highest BCUT2D eigenvalue weighted by Crippen LogP contribution is 2.57. The number of halogens is 1. The Bertz CT molecular complexity index is 519. The number of amides is 1. The molecule has 0 bridgehead atoms. The van der Waals surface area contributed by atoms with Gasteiger partial charge >= 0.3 is 0 Å². The zero-order valence-corrected chi connectivity index (χ0v) is 14.5. The van der Waals surface area contributed by atoms with Crippen molar-refractivity contribution in [3.8, 4) is 0 Å². The van der Waals surface area contributed by atoms with Gasteiger partial charge < -0.3 is 15.8 Å². The summed E-state index contributed by atoms with van der Waals surface area (Å²) in [5, 5.41) is 3.17. The molecule has 2 aliphatic carbocycles. The monoisotopic (exact) mass is 338 g/mol. The number of hydrogen-bond donors (Lipinski definition) is 2. The molecule has 2 unspecified atom stereocenters. The first kappa shape index (κ1) is 18.2. The number of nitrogens with two attached hydrogens (primary N) is 1. The standard InChI is InChI=1S/C18H26N2O2.ClH/c1-2-22-16-12-15(18(16)9-6-10-18)20-17(21)14(19)11-13-7-4-3-5-8-13;/h3-5,7-8,14-16H,2,6,9-12,19H2,1H3,(H,20,21);1H/t14-,15?,16?;/m0./s1. The van der Waals surface area contributed by atoms with Crippen molar-refractivity contribution in [3.05, 3.63) is 35.9 Å². The normalized spacial score (nSPS) is 25.7. The average Bonchev–Trinajstić information content (AvgIpc) is 2.45. The van der Waals surface area contributed by atoms with Crippen LogP contribution in [-0.4, -0.2) is 30.7 Å².